The van der Waals surface area contributed by atoms with Crippen LogP contribution < -0.4 is 14.8 Å². The van der Waals surface area contributed by atoms with Crippen LogP contribution in [0.25, 0.3) is 0 Å². The highest BCUT2D eigenvalue weighted by molar-refractivity contribution is 5.42. The average Bonchev–Trinajstić information content (AvgIpc) is 2.38. The van der Waals surface area contributed by atoms with Gasteiger partial charge in [0.25, 0.3) is 0 Å². The summed E-state index contributed by atoms with van der Waals surface area (Å²) >= 11 is 0. The standard InChI is InChI=1S/C13H19F2NO3/c1-18-11-5-4-10(8-12(11)19-13(14)15)9-16-6-2-3-7-17/h4-5,8,13,16-17H,2-3,6-7,9H2,1H3. The third-order valence-corrected chi connectivity index (χ3v) is 2.53. The van der Waals surface area contributed by atoms with Gasteiger partial charge in [-0.25, -0.2) is 0 Å². The van der Waals surface area contributed by atoms with Gasteiger partial charge in [-0.05, 0) is 37.1 Å². The van der Waals surface area contributed by atoms with Crippen LogP contribution in [0.2, 0.25) is 0 Å². The number of nitrogens with one attached hydrogen (secondary N) is 1. The summed E-state index contributed by atoms with van der Waals surface area (Å²) in [6.07, 6.45) is 1.61. The van der Waals surface area contributed by atoms with Gasteiger partial charge >= 0.3 is 6.61 Å². The highest BCUT2D eigenvalue weighted by atomic mass is 19.3. The lowest BCUT2D eigenvalue weighted by Gasteiger charge is -2.12. The van der Waals surface area contributed by atoms with Gasteiger partial charge in [-0.1, -0.05) is 6.07 Å². The molecule has 1 aromatic rings. The maximum atomic E-state index is 12.2. The Morgan fingerprint density at radius 1 is 1.26 bits per heavy atom. The van der Waals surface area contributed by atoms with Gasteiger partial charge in [0.05, 0.1) is 7.11 Å². The van der Waals surface area contributed by atoms with E-state index < -0.39 is 6.61 Å². The molecule has 19 heavy (non-hydrogen) atoms. The third-order valence-electron chi connectivity index (χ3n) is 2.53. The van der Waals surface area contributed by atoms with E-state index in [9.17, 15) is 8.78 Å². The highest BCUT2D eigenvalue weighted by Gasteiger charge is 2.11. The molecule has 108 valence electrons. The zero-order valence-corrected chi connectivity index (χ0v) is 10.9. The van der Waals surface area contributed by atoms with E-state index in [0.717, 1.165) is 24.9 Å². The number of unbranched alkanes of at least 4 members (excludes halogenated alkanes) is 1. The topological polar surface area (TPSA) is 50.7 Å². The van der Waals surface area contributed by atoms with Crippen molar-refractivity contribution in [2.24, 2.45) is 0 Å². The Morgan fingerprint density at radius 2 is 2.05 bits per heavy atom. The molecule has 0 spiro atoms. The summed E-state index contributed by atoms with van der Waals surface area (Å²) in [6, 6.07) is 4.92. The van der Waals surface area contributed by atoms with Crippen molar-refractivity contribution in [3.8, 4) is 11.5 Å². The van der Waals surface area contributed by atoms with Crippen LogP contribution in [0.5, 0.6) is 11.5 Å². The molecule has 2 N–H and O–H groups in total. The molecular formula is C13H19F2NO3. The van der Waals surface area contributed by atoms with E-state index in [1.54, 1.807) is 12.1 Å². The van der Waals surface area contributed by atoms with E-state index in [1.807, 2.05) is 0 Å². The van der Waals surface area contributed by atoms with Gasteiger partial charge in [-0.15, -0.1) is 0 Å². The van der Waals surface area contributed by atoms with Crippen molar-refractivity contribution in [3.63, 3.8) is 0 Å². The van der Waals surface area contributed by atoms with E-state index >= 15 is 0 Å². The third kappa shape index (κ3) is 5.85. The Morgan fingerprint density at radius 3 is 2.68 bits per heavy atom. The predicted octanol–water partition coefficient (Wildman–Crippen LogP) is 2.16. The van der Waals surface area contributed by atoms with Gasteiger partial charge in [0.2, 0.25) is 0 Å². The first-order chi connectivity index (χ1) is 9.17. The van der Waals surface area contributed by atoms with Gasteiger partial charge in [0.1, 0.15) is 0 Å². The molecule has 0 radical (unpaired) electrons. The number of benzene rings is 1. The van der Waals surface area contributed by atoms with Gasteiger partial charge < -0.3 is 19.9 Å². The largest absolute Gasteiger partial charge is 0.493 e. The van der Waals surface area contributed by atoms with Gasteiger partial charge in [0, 0.05) is 13.2 Å². The second-order valence-electron chi connectivity index (χ2n) is 3.97. The van der Waals surface area contributed by atoms with E-state index in [-0.39, 0.29) is 18.1 Å². The molecule has 0 amide bonds. The van der Waals surface area contributed by atoms with Crippen molar-refractivity contribution < 1.29 is 23.4 Å². The van der Waals surface area contributed by atoms with Crippen LogP contribution in [0, 0.1) is 0 Å². The molecule has 0 unspecified atom stereocenters. The van der Waals surface area contributed by atoms with Crippen LogP contribution in [0.15, 0.2) is 18.2 Å². The molecule has 0 saturated carbocycles. The van der Waals surface area contributed by atoms with Crippen LogP contribution in [0.1, 0.15) is 18.4 Å². The van der Waals surface area contributed by atoms with Crippen LogP contribution in [0.4, 0.5) is 8.78 Å². The fourth-order valence-corrected chi connectivity index (χ4v) is 1.61. The first-order valence-corrected chi connectivity index (χ1v) is 6.10. The number of ether oxygens (including phenoxy) is 2. The molecule has 4 nitrogen and oxygen atoms in total. The highest BCUT2D eigenvalue weighted by Crippen LogP contribution is 2.29. The molecular weight excluding hydrogens is 256 g/mol. The molecule has 1 rings (SSSR count). The SMILES string of the molecule is COc1ccc(CNCCCCO)cc1OC(F)F. The summed E-state index contributed by atoms with van der Waals surface area (Å²) in [5.74, 6) is 0.316. The van der Waals surface area contributed by atoms with Crippen molar-refractivity contribution in [1.82, 2.24) is 5.32 Å². The molecule has 0 heterocycles. The van der Waals surface area contributed by atoms with Crippen LogP contribution in [-0.2, 0) is 6.54 Å². The number of aliphatic hydroxyl groups excluding tert-OH is 1. The fourth-order valence-electron chi connectivity index (χ4n) is 1.61. The second kappa shape index (κ2) is 8.66. The zero-order valence-electron chi connectivity index (χ0n) is 10.9. The van der Waals surface area contributed by atoms with Crippen molar-refractivity contribution in [3.05, 3.63) is 23.8 Å². The Bertz CT molecular complexity index is 375. The summed E-state index contributed by atoms with van der Waals surface area (Å²) in [7, 11) is 1.40. The minimum absolute atomic E-state index is 0.0344. The lowest BCUT2D eigenvalue weighted by Crippen LogP contribution is -2.15. The van der Waals surface area contributed by atoms with Crippen molar-refractivity contribution in [1.29, 1.82) is 0 Å². The molecule has 0 aliphatic carbocycles. The normalized spacial score (nSPS) is 10.8. The summed E-state index contributed by atoms with van der Waals surface area (Å²) in [4.78, 5) is 0. The van der Waals surface area contributed by atoms with E-state index in [4.69, 9.17) is 9.84 Å². The maximum Gasteiger partial charge on any atom is 0.387 e. The number of methoxy groups -OCH3 is 1. The van der Waals surface area contributed by atoms with Gasteiger partial charge in [-0.3, -0.25) is 0 Å². The van der Waals surface area contributed by atoms with E-state index in [2.05, 4.69) is 10.1 Å². The number of hydrogen-bond acceptors (Lipinski definition) is 4. The Hall–Kier alpha value is -1.40. The van der Waals surface area contributed by atoms with Gasteiger partial charge in [0.15, 0.2) is 11.5 Å². The smallest absolute Gasteiger partial charge is 0.387 e. The number of aliphatic hydroxyl groups is 1. The summed E-state index contributed by atoms with van der Waals surface area (Å²) < 4.78 is 33.8. The number of halogens is 2. The predicted molar refractivity (Wildman–Crippen MR) is 67.7 cm³/mol. The summed E-state index contributed by atoms with van der Waals surface area (Å²) in [6.45, 7) is -1.38. The Kier molecular flexibility index (Phi) is 7.14. The monoisotopic (exact) mass is 275 g/mol. The van der Waals surface area contributed by atoms with Crippen LogP contribution >= 0.6 is 0 Å². The van der Waals surface area contributed by atoms with Crippen molar-refractivity contribution in [2.45, 2.75) is 26.0 Å². The lowest BCUT2D eigenvalue weighted by molar-refractivity contribution is -0.0512. The molecule has 0 bridgehead atoms. The summed E-state index contributed by atoms with van der Waals surface area (Å²) in [5.41, 5.74) is 0.834. The Balaban J connectivity index is 2.54. The quantitative estimate of drug-likeness (QED) is 0.678. The molecule has 0 aromatic heterocycles. The first-order valence-electron chi connectivity index (χ1n) is 6.10. The number of rotatable bonds is 9. The van der Waals surface area contributed by atoms with E-state index in [1.165, 1.54) is 13.2 Å². The minimum atomic E-state index is -2.87. The lowest BCUT2D eigenvalue weighted by atomic mass is 10.2. The summed E-state index contributed by atoms with van der Waals surface area (Å²) in [5, 5.41) is 11.8. The second-order valence-corrected chi connectivity index (χ2v) is 3.97. The number of hydrogen-bond donors (Lipinski definition) is 2. The minimum Gasteiger partial charge on any atom is -0.493 e. The molecule has 0 fully saturated rings. The first kappa shape index (κ1) is 15.7. The van der Waals surface area contributed by atoms with Crippen LogP contribution in [0.3, 0.4) is 0 Å². The van der Waals surface area contributed by atoms with Crippen LogP contribution in [-0.4, -0.2) is 32.0 Å². The number of alkyl halides is 2. The average molecular weight is 275 g/mol. The maximum absolute atomic E-state index is 12.2. The van der Waals surface area contributed by atoms with E-state index in [0.29, 0.717) is 6.54 Å². The Labute approximate surface area is 111 Å². The van der Waals surface area contributed by atoms with Crippen molar-refractivity contribution >= 4 is 0 Å². The molecule has 0 aliphatic rings. The molecule has 0 atom stereocenters. The van der Waals surface area contributed by atoms with Gasteiger partial charge in [-0.2, -0.15) is 8.78 Å². The molecule has 6 heteroatoms. The molecule has 0 saturated heterocycles. The molecule has 1 aromatic carbocycles. The molecule has 0 aliphatic heterocycles. The van der Waals surface area contributed by atoms with Crippen molar-refractivity contribution in [2.75, 3.05) is 20.3 Å². The zero-order chi connectivity index (χ0) is 14.1. The fraction of sp³-hybridized carbons (Fsp3) is 0.538.